The highest BCUT2D eigenvalue weighted by molar-refractivity contribution is 9.10. The zero-order valence-electron chi connectivity index (χ0n) is 25.3. The van der Waals surface area contributed by atoms with Gasteiger partial charge in [-0.2, -0.15) is 0 Å². The molecule has 240 valence electrons. The maximum Gasteiger partial charge on any atom is 0.269 e. The van der Waals surface area contributed by atoms with Gasteiger partial charge in [0.25, 0.3) is 15.7 Å². The van der Waals surface area contributed by atoms with Crippen molar-refractivity contribution in [3.05, 3.63) is 135 Å². The number of rotatable bonds is 15. The van der Waals surface area contributed by atoms with E-state index in [1.165, 1.54) is 41.3 Å². The minimum atomic E-state index is -4.31. The Balaban J connectivity index is 1.79. The lowest BCUT2D eigenvalue weighted by molar-refractivity contribution is -0.384. The third-order valence-electron chi connectivity index (χ3n) is 7.33. The van der Waals surface area contributed by atoms with Crippen molar-refractivity contribution in [1.29, 1.82) is 0 Å². The Morgan fingerprint density at radius 2 is 1.48 bits per heavy atom. The van der Waals surface area contributed by atoms with Crippen LogP contribution >= 0.6 is 15.9 Å². The Morgan fingerprint density at radius 1 is 0.870 bits per heavy atom. The first-order chi connectivity index (χ1) is 22.1. The number of halogens is 1. The van der Waals surface area contributed by atoms with E-state index in [9.17, 15) is 28.1 Å². The number of anilines is 1. The predicted molar refractivity (Wildman–Crippen MR) is 181 cm³/mol. The first kappa shape index (κ1) is 34.3. The minimum absolute atomic E-state index is 0.0320. The number of nitrogens with one attached hydrogen (secondary N) is 1. The van der Waals surface area contributed by atoms with Crippen LogP contribution in [0.3, 0.4) is 0 Å². The standard InChI is InChI=1S/C34H35BrN4O6S/c1-2-3-22-36-34(41)32(23-26-10-6-4-7-11-26)37(24-27-14-16-28(35)17-15-27)33(40)25-38(29-18-20-30(21-19-29)39(42)43)46(44,45)31-12-8-5-9-13-31/h4-21,32H,2-3,22-25H2,1H3,(H,36,41)/t32-/m0/s1. The number of sulfonamides is 1. The topological polar surface area (TPSA) is 130 Å². The highest BCUT2D eigenvalue weighted by Gasteiger charge is 2.34. The summed E-state index contributed by atoms with van der Waals surface area (Å²) in [6.45, 7) is 1.82. The highest BCUT2D eigenvalue weighted by atomic mass is 79.9. The summed E-state index contributed by atoms with van der Waals surface area (Å²) in [6, 6.07) is 28.3. The van der Waals surface area contributed by atoms with Crippen LogP contribution in [0.25, 0.3) is 0 Å². The van der Waals surface area contributed by atoms with Gasteiger partial charge >= 0.3 is 0 Å². The summed E-state index contributed by atoms with van der Waals surface area (Å²) in [5.74, 6) is -0.970. The molecule has 4 rings (SSSR count). The lowest BCUT2D eigenvalue weighted by atomic mass is 10.0. The van der Waals surface area contributed by atoms with Gasteiger partial charge in [0.05, 0.1) is 15.5 Å². The number of non-ortho nitro benzene ring substituents is 1. The number of nitrogens with zero attached hydrogens (tertiary/aromatic N) is 3. The number of carbonyl (C=O) groups is 2. The number of nitro benzene ring substituents is 1. The molecule has 1 N–H and O–H groups in total. The van der Waals surface area contributed by atoms with Gasteiger partial charge in [0.2, 0.25) is 11.8 Å². The normalized spacial score (nSPS) is 11.8. The second-order valence-electron chi connectivity index (χ2n) is 10.6. The molecule has 46 heavy (non-hydrogen) atoms. The van der Waals surface area contributed by atoms with Gasteiger partial charge in [-0.05, 0) is 53.9 Å². The molecule has 0 radical (unpaired) electrons. The third-order valence-corrected chi connectivity index (χ3v) is 9.64. The summed E-state index contributed by atoms with van der Waals surface area (Å²) in [4.78, 5) is 40.3. The first-order valence-corrected chi connectivity index (χ1v) is 17.0. The van der Waals surface area contributed by atoms with Crippen molar-refractivity contribution in [2.24, 2.45) is 0 Å². The Bertz CT molecular complexity index is 1720. The van der Waals surface area contributed by atoms with Crippen molar-refractivity contribution >= 4 is 49.1 Å². The molecule has 2 amide bonds. The van der Waals surface area contributed by atoms with Crippen molar-refractivity contribution in [2.75, 3.05) is 17.4 Å². The number of carbonyl (C=O) groups excluding carboxylic acids is 2. The molecule has 10 nitrogen and oxygen atoms in total. The van der Waals surface area contributed by atoms with Crippen molar-refractivity contribution < 1.29 is 22.9 Å². The molecule has 4 aromatic rings. The van der Waals surface area contributed by atoms with Crippen LogP contribution in [0.2, 0.25) is 0 Å². The van der Waals surface area contributed by atoms with Crippen LogP contribution in [-0.4, -0.2) is 49.2 Å². The molecule has 0 aliphatic rings. The van der Waals surface area contributed by atoms with E-state index < -0.39 is 33.4 Å². The van der Waals surface area contributed by atoms with Crippen LogP contribution < -0.4 is 9.62 Å². The van der Waals surface area contributed by atoms with Gasteiger partial charge in [-0.25, -0.2) is 8.42 Å². The largest absolute Gasteiger partial charge is 0.354 e. The summed E-state index contributed by atoms with van der Waals surface area (Å²) in [7, 11) is -4.31. The Hall–Kier alpha value is -4.55. The molecule has 4 aromatic carbocycles. The molecule has 0 saturated carbocycles. The molecule has 0 spiro atoms. The number of hydrogen-bond acceptors (Lipinski definition) is 6. The zero-order valence-corrected chi connectivity index (χ0v) is 27.7. The van der Waals surface area contributed by atoms with E-state index in [1.807, 2.05) is 61.5 Å². The smallest absolute Gasteiger partial charge is 0.269 e. The van der Waals surface area contributed by atoms with Gasteiger partial charge in [0.1, 0.15) is 12.6 Å². The Morgan fingerprint density at radius 3 is 2.07 bits per heavy atom. The SMILES string of the molecule is CCCCNC(=O)[C@H](Cc1ccccc1)N(Cc1ccc(Br)cc1)C(=O)CN(c1ccc([N+](=O)[O-])cc1)S(=O)(=O)c1ccccc1. The molecule has 0 bridgehead atoms. The number of hydrogen-bond donors (Lipinski definition) is 1. The number of unbranched alkanes of at least 4 members (excludes halogenated alkanes) is 1. The minimum Gasteiger partial charge on any atom is -0.354 e. The molecule has 0 fully saturated rings. The van der Waals surface area contributed by atoms with Crippen LogP contribution in [0.5, 0.6) is 0 Å². The molecular formula is C34H35BrN4O6S. The molecule has 0 heterocycles. The van der Waals surface area contributed by atoms with E-state index in [4.69, 9.17) is 0 Å². The van der Waals surface area contributed by atoms with Crippen molar-refractivity contribution in [2.45, 2.75) is 43.7 Å². The predicted octanol–water partition coefficient (Wildman–Crippen LogP) is 6.11. The summed E-state index contributed by atoms with van der Waals surface area (Å²) < 4.78 is 29.8. The molecule has 0 aromatic heterocycles. The van der Waals surface area contributed by atoms with Crippen molar-refractivity contribution in [3.63, 3.8) is 0 Å². The number of benzene rings is 4. The van der Waals surface area contributed by atoms with E-state index in [2.05, 4.69) is 21.2 Å². The van der Waals surface area contributed by atoms with Gasteiger partial charge in [-0.1, -0.05) is 89.9 Å². The first-order valence-electron chi connectivity index (χ1n) is 14.8. The van der Waals surface area contributed by atoms with Crippen LogP contribution in [0.15, 0.2) is 119 Å². The number of amides is 2. The van der Waals surface area contributed by atoms with Crippen molar-refractivity contribution in [1.82, 2.24) is 10.2 Å². The monoisotopic (exact) mass is 706 g/mol. The van der Waals surface area contributed by atoms with Gasteiger partial charge in [0.15, 0.2) is 0 Å². The average Bonchev–Trinajstić information content (AvgIpc) is 3.07. The van der Waals surface area contributed by atoms with Gasteiger partial charge in [-0.15, -0.1) is 0 Å². The third kappa shape index (κ3) is 9.01. The van der Waals surface area contributed by atoms with E-state index in [1.54, 1.807) is 18.2 Å². The van der Waals surface area contributed by atoms with Crippen LogP contribution in [0.1, 0.15) is 30.9 Å². The Kier molecular flexibility index (Phi) is 12.0. The second-order valence-corrected chi connectivity index (χ2v) is 13.4. The molecule has 0 unspecified atom stereocenters. The van der Waals surface area contributed by atoms with E-state index in [0.29, 0.717) is 6.54 Å². The molecule has 0 saturated heterocycles. The summed E-state index contributed by atoms with van der Waals surface area (Å²) >= 11 is 3.43. The van der Waals surface area contributed by atoms with Crippen LogP contribution in [-0.2, 0) is 32.6 Å². The maximum absolute atomic E-state index is 14.4. The Labute approximate surface area is 277 Å². The average molecular weight is 708 g/mol. The fraction of sp³-hybridized carbons (Fsp3) is 0.235. The molecule has 12 heteroatoms. The van der Waals surface area contributed by atoms with E-state index in [0.717, 1.165) is 32.7 Å². The molecule has 1 atom stereocenters. The van der Waals surface area contributed by atoms with E-state index >= 15 is 0 Å². The molecular weight excluding hydrogens is 672 g/mol. The summed E-state index contributed by atoms with van der Waals surface area (Å²) in [5.41, 5.74) is 1.41. The fourth-order valence-electron chi connectivity index (χ4n) is 4.84. The lowest BCUT2D eigenvalue weighted by Gasteiger charge is -2.34. The maximum atomic E-state index is 14.4. The van der Waals surface area contributed by atoms with E-state index in [-0.39, 0.29) is 35.1 Å². The summed E-state index contributed by atoms with van der Waals surface area (Å²) in [5, 5.41) is 14.3. The lowest BCUT2D eigenvalue weighted by Crippen LogP contribution is -2.53. The molecule has 0 aliphatic heterocycles. The molecule has 0 aliphatic carbocycles. The van der Waals surface area contributed by atoms with Crippen LogP contribution in [0.4, 0.5) is 11.4 Å². The quantitative estimate of drug-likeness (QED) is 0.0902. The van der Waals surface area contributed by atoms with Gasteiger partial charge in [0, 0.05) is 36.1 Å². The van der Waals surface area contributed by atoms with Gasteiger partial charge < -0.3 is 10.2 Å². The second kappa shape index (κ2) is 16.1. The van der Waals surface area contributed by atoms with Gasteiger partial charge in [-0.3, -0.25) is 24.0 Å². The fourth-order valence-corrected chi connectivity index (χ4v) is 6.54. The van der Waals surface area contributed by atoms with Crippen LogP contribution in [0, 0.1) is 10.1 Å². The number of nitro groups is 1. The zero-order chi connectivity index (χ0) is 33.1. The van der Waals surface area contributed by atoms with Crippen molar-refractivity contribution in [3.8, 4) is 0 Å². The highest BCUT2D eigenvalue weighted by Crippen LogP contribution is 2.27. The summed E-state index contributed by atoms with van der Waals surface area (Å²) in [6.07, 6.45) is 1.82.